The molecular formula is C41H52N6O8. The number of amides is 5. The molecule has 294 valence electrons. The highest BCUT2D eigenvalue weighted by Crippen LogP contribution is 2.30. The summed E-state index contributed by atoms with van der Waals surface area (Å²) in [7, 11) is 3.06. The molecule has 3 aromatic rings. The number of ether oxygens (including phenoxy) is 2. The van der Waals surface area contributed by atoms with Gasteiger partial charge in [0.25, 0.3) is 11.5 Å². The fourth-order valence-electron chi connectivity index (χ4n) is 6.53. The van der Waals surface area contributed by atoms with E-state index in [1.807, 2.05) is 13.8 Å². The summed E-state index contributed by atoms with van der Waals surface area (Å²) in [5, 5.41) is 11.4. The van der Waals surface area contributed by atoms with E-state index in [1.165, 1.54) is 35.9 Å². The van der Waals surface area contributed by atoms with Gasteiger partial charge in [-0.1, -0.05) is 38.1 Å². The predicted octanol–water partition coefficient (Wildman–Crippen LogP) is 2.13. The molecule has 4 atom stereocenters. The zero-order valence-corrected chi connectivity index (χ0v) is 32.1. The first-order valence-electron chi connectivity index (χ1n) is 18.8. The zero-order valence-electron chi connectivity index (χ0n) is 32.1. The average molecular weight is 757 g/mol. The maximum absolute atomic E-state index is 14.2. The van der Waals surface area contributed by atoms with E-state index >= 15 is 0 Å². The van der Waals surface area contributed by atoms with Gasteiger partial charge in [0.15, 0.2) is 0 Å². The van der Waals surface area contributed by atoms with Gasteiger partial charge in [-0.15, -0.1) is 0 Å². The number of nitrogens with zero attached hydrogens (tertiary/aromatic N) is 2. The van der Waals surface area contributed by atoms with Crippen molar-refractivity contribution in [2.45, 2.75) is 77.0 Å². The van der Waals surface area contributed by atoms with E-state index in [4.69, 9.17) is 9.47 Å². The molecule has 3 heterocycles. The zero-order chi connectivity index (χ0) is 39.6. The first-order chi connectivity index (χ1) is 26.3. The summed E-state index contributed by atoms with van der Waals surface area (Å²) < 4.78 is 12.6. The van der Waals surface area contributed by atoms with Gasteiger partial charge in [-0.2, -0.15) is 0 Å². The quantitative estimate of drug-likeness (QED) is 0.240. The summed E-state index contributed by atoms with van der Waals surface area (Å²) in [5.74, 6) is -1.13. The molecule has 2 aromatic carbocycles. The van der Waals surface area contributed by atoms with Gasteiger partial charge in [0.05, 0.1) is 19.7 Å². The van der Waals surface area contributed by atoms with Crippen molar-refractivity contribution in [3.63, 3.8) is 0 Å². The van der Waals surface area contributed by atoms with Crippen LogP contribution in [0.1, 0.15) is 61.5 Å². The molecule has 0 radical (unpaired) electrons. The maximum atomic E-state index is 14.2. The van der Waals surface area contributed by atoms with E-state index in [2.05, 4.69) is 21.3 Å². The van der Waals surface area contributed by atoms with Crippen molar-refractivity contribution in [2.75, 3.05) is 26.8 Å². The number of nitrogens with one attached hydrogen (secondary N) is 4. The molecule has 2 aliphatic heterocycles. The van der Waals surface area contributed by atoms with Gasteiger partial charge in [0.1, 0.15) is 41.8 Å². The lowest BCUT2D eigenvalue weighted by atomic mass is 10.0. The fourth-order valence-corrected chi connectivity index (χ4v) is 6.53. The first-order valence-corrected chi connectivity index (χ1v) is 18.8. The number of hydrogen-bond acceptors (Lipinski definition) is 8. The maximum Gasteiger partial charge on any atom is 0.263 e. The van der Waals surface area contributed by atoms with Gasteiger partial charge < -0.3 is 40.2 Å². The number of carbonyl (C=O) groups is 5. The summed E-state index contributed by atoms with van der Waals surface area (Å²) in [6, 6.07) is 13.2. The van der Waals surface area contributed by atoms with Gasteiger partial charge in [-0.25, -0.2) is 0 Å². The molecule has 0 spiro atoms. The molecule has 4 N–H and O–H groups in total. The predicted molar refractivity (Wildman–Crippen MR) is 206 cm³/mol. The molecule has 5 amide bonds. The van der Waals surface area contributed by atoms with Crippen molar-refractivity contribution in [3.05, 3.63) is 93.9 Å². The van der Waals surface area contributed by atoms with E-state index in [1.54, 1.807) is 61.5 Å². The molecule has 14 heteroatoms. The molecule has 6 rings (SSSR count). The molecule has 1 saturated carbocycles. The van der Waals surface area contributed by atoms with Crippen molar-refractivity contribution < 1.29 is 33.4 Å². The normalized spacial score (nSPS) is 21.6. The third-order valence-electron chi connectivity index (χ3n) is 9.71. The second-order valence-electron chi connectivity index (χ2n) is 14.9. The van der Waals surface area contributed by atoms with E-state index < -0.39 is 47.3 Å². The molecule has 1 aliphatic carbocycles. The number of rotatable bonds is 9. The Balaban J connectivity index is 1.49. The van der Waals surface area contributed by atoms with E-state index in [-0.39, 0.29) is 55.3 Å². The number of pyridine rings is 1. The molecule has 3 aliphatic rings. The first kappa shape index (κ1) is 40.5. The summed E-state index contributed by atoms with van der Waals surface area (Å²) in [4.78, 5) is 83.4. The van der Waals surface area contributed by atoms with Crippen LogP contribution >= 0.6 is 0 Å². The smallest absolute Gasteiger partial charge is 0.263 e. The molecule has 1 aromatic heterocycles. The Kier molecular flexibility index (Phi) is 13.7. The Morgan fingerprint density at radius 3 is 2.31 bits per heavy atom. The number of carbonyl (C=O) groups excluding carboxylic acids is 5. The molecule has 0 saturated heterocycles. The van der Waals surface area contributed by atoms with Gasteiger partial charge >= 0.3 is 0 Å². The lowest BCUT2D eigenvalue weighted by Gasteiger charge is -2.29. The molecule has 55 heavy (non-hydrogen) atoms. The van der Waals surface area contributed by atoms with Gasteiger partial charge in [-0.3, -0.25) is 28.8 Å². The number of methoxy groups -OCH3 is 1. The third kappa shape index (κ3) is 11.7. The largest absolute Gasteiger partial charge is 0.497 e. The highest BCUT2D eigenvalue weighted by Gasteiger charge is 2.34. The van der Waals surface area contributed by atoms with Crippen LogP contribution in [0, 0.1) is 11.8 Å². The van der Waals surface area contributed by atoms with Crippen molar-refractivity contribution >= 4 is 29.5 Å². The minimum absolute atomic E-state index is 0.0128. The van der Waals surface area contributed by atoms with Crippen LogP contribution in [0.5, 0.6) is 11.5 Å². The Morgan fingerprint density at radius 2 is 1.65 bits per heavy atom. The Labute approximate surface area is 321 Å². The molecule has 0 unspecified atom stereocenters. The van der Waals surface area contributed by atoms with Crippen LogP contribution in [-0.4, -0.2) is 90.0 Å². The highest BCUT2D eigenvalue weighted by atomic mass is 16.5. The van der Waals surface area contributed by atoms with Crippen LogP contribution in [0.3, 0.4) is 0 Å². The fraction of sp³-hybridized carbons (Fsp3) is 0.463. The van der Waals surface area contributed by atoms with Crippen molar-refractivity contribution in [3.8, 4) is 11.5 Å². The van der Waals surface area contributed by atoms with Gasteiger partial charge in [-0.05, 0) is 85.5 Å². The van der Waals surface area contributed by atoms with Crippen molar-refractivity contribution in [1.82, 2.24) is 30.7 Å². The number of hydrogen-bond donors (Lipinski definition) is 4. The Hall–Kier alpha value is -5.66. The minimum Gasteiger partial charge on any atom is -0.497 e. The Bertz CT molecular complexity index is 1890. The average Bonchev–Trinajstić information content (AvgIpc) is 3.98. The SMILES string of the molecule is COc1ccc(C[C@@H]2NC(=O)[C@@H](NC(=O)c3cccn(C)c3=O)Cc3ccc(cc3)OC[C@H](CC(C)C)NC(=O)CN(CC3CC3)C(=O)[C@@H](C)NC2=O)cc1. The van der Waals surface area contributed by atoms with Crippen LogP contribution in [0.4, 0.5) is 0 Å². The topological polar surface area (TPSA) is 177 Å². The highest BCUT2D eigenvalue weighted by molar-refractivity contribution is 5.99. The number of fused-ring (bicyclic) bond motifs is 17. The minimum atomic E-state index is -1.21. The monoisotopic (exact) mass is 756 g/mol. The number of aromatic nitrogens is 1. The third-order valence-corrected chi connectivity index (χ3v) is 9.71. The lowest BCUT2D eigenvalue weighted by molar-refractivity contribution is -0.140. The summed E-state index contributed by atoms with van der Waals surface area (Å²) in [6.07, 6.45) is 4.11. The number of aryl methyl sites for hydroxylation is 1. The molecule has 14 nitrogen and oxygen atoms in total. The summed E-state index contributed by atoms with van der Waals surface area (Å²) in [5.41, 5.74) is 0.682. The summed E-state index contributed by atoms with van der Waals surface area (Å²) >= 11 is 0. The van der Waals surface area contributed by atoms with Crippen LogP contribution < -0.4 is 36.3 Å². The van der Waals surface area contributed by atoms with E-state index in [0.717, 1.165) is 12.8 Å². The second-order valence-corrected chi connectivity index (χ2v) is 14.9. The Morgan fingerprint density at radius 1 is 0.945 bits per heavy atom. The molecule has 2 bridgehead atoms. The lowest BCUT2D eigenvalue weighted by Crippen LogP contribution is -2.58. The van der Waals surface area contributed by atoms with Gasteiger partial charge in [0, 0.05) is 32.6 Å². The standard InChI is InChI=1S/C41H52N6O8/c1-25(2)19-30-24-55-32-16-12-28(13-17-32)21-35(44-37(49)33-7-6-18-46(4)41(33)53)39(51)45-34(20-27-10-14-31(54-5)15-11-27)38(50)42-26(3)40(52)47(22-29-8-9-29)23-36(48)43-30/h6-7,10-18,25-26,29-30,34-35H,8-9,19-24H2,1-5H3,(H,42,50)(H,43,48)(H,44,49)(H,45,51)/t26-,30+,34+,35+/m1/s1. The van der Waals surface area contributed by atoms with Gasteiger partial charge in [0.2, 0.25) is 23.6 Å². The van der Waals surface area contributed by atoms with Crippen LogP contribution in [0.15, 0.2) is 71.7 Å². The number of benzene rings is 2. The van der Waals surface area contributed by atoms with E-state index in [0.29, 0.717) is 35.6 Å². The second kappa shape index (κ2) is 18.6. The van der Waals surface area contributed by atoms with Crippen LogP contribution in [-0.2, 0) is 39.1 Å². The summed E-state index contributed by atoms with van der Waals surface area (Å²) in [6.45, 7) is 6.04. The molecule has 1 fully saturated rings. The van der Waals surface area contributed by atoms with Crippen LogP contribution in [0.2, 0.25) is 0 Å². The van der Waals surface area contributed by atoms with Crippen molar-refractivity contribution in [2.24, 2.45) is 18.9 Å². The molecular weight excluding hydrogens is 704 g/mol. The van der Waals surface area contributed by atoms with Crippen molar-refractivity contribution in [1.29, 1.82) is 0 Å². The van der Waals surface area contributed by atoms with E-state index in [9.17, 15) is 28.8 Å². The van der Waals surface area contributed by atoms with Crippen LogP contribution in [0.25, 0.3) is 0 Å².